The maximum atomic E-state index is 13.5. The molecule has 1 amide bonds. The molecule has 0 saturated carbocycles. The number of nitrogens with one attached hydrogen (secondary N) is 2. The lowest BCUT2D eigenvalue weighted by Gasteiger charge is -2.29. The number of anilines is 2. The largest absolute Gasteiger partial charge is 0.465 e. The van der Waals surface area contributed by atoms with Gasteiger partial charge in [0.25, 0.3) is 5.91 Å². The molecule has 0 aliphatic heterocycles. The molecular weight excluding hydrogens is 474 g/mol. The molecular formula is C28H31N3O4S. The predicted octanol–water partition coefficient (Wildman–Crippen LogP) is 6.36. The Morgan fingerprint density at radius 2 is 1.86 bits per heavy atom. The molecule has 2 aliphatic carbocycles. The normalized spacial score (nSPS) is 17.3. The van der Waals surface area contributed by atoms with E-state index < -0.39 is 5.97 Å². The number of fused-ring (bicyclic) bond motifs is 2. The van der Waals surface area contributed by atoms with Gasteiger partial charge in [0.05, 0.1) is 24.1 Å². The third-order valence-electron chi connectivity index (χ3n) is 6.88. The van der Waals surface area contributed by atoms with Crippen LogP contribution in [-0.2, 0) is 24.0 Å². The third-order valence-corrected chi connectivity index (χ3v) is 8.09. The lowest BCUT2D eigenvalue weighted by Crippen LogP contribution is -2.27. The van der Waals surface area contributed by atoms with Crippen molar-refractivity contribution in [3.8, 4) is 0 Å². The minimum atomic E-state index is -0.414. The molecule has 36 heavy (non-hydrogen) atoms. The van der Waals surface area contributed by atoms with Crippen LogP contribution < -0.4 is 10.7 Å². The van der Waals surface area contributed by atoms with Crippen LogP contribution >= 0.6 is 11.3 Å². The van der Waals surface area contributed by atoms with Crippen molar-refractivity contribution in [1.82, 2.24) is 0 Å². The van der Waals surface area contributed by atoms with Crippen LogP contribution in [0.4, 0.5) is 10.7 Å². The number of esters is 1. The molecule has 7 nitrogen and oxygen atoms in total. The molecule has 2 aliphatic rings. The van der Waals surface area contributed by atoms with E-state index in [4.69, 9.17) is 14.3 Å². The van der Waals surface area contributed by atoms with Crippen molar-refractivity contribution in [2.24, 2.45) is 10.5 Å². The van der Waals surface area contributed by atoms with Crippen molar-refractivity contribution in [2.45, 2.75) is 59.3 Å². The number of hydrogen-bond acceptors (Lipinski definition) is 7. The molecule has 5 rings (SSSR count). The van der Waals surface area contributed by atoms with E-state index in [-0.39, 0.29) is 17.1 Å². The molecule has 2 aromatic heterocycles. The van der Waals surface area contributed by atoms with Gasteiger partial charge < -0.3 is 14.5 Å². The van der Waals surface area contributed by atoms with Crippen LogP contribution in [0.2, 0.25) is 0 Å². The highest BCUT2D eigenvalue weighted by Crippen LogP contribution is 2.41. The van der Waals surface area contributed by atoms with Crippen LogP contribution in [-0.4, -0.2) is 24.7 Å². The maximum Gasteiger partial charge on any atom is 0.341 e. The van der Waals surface area contributed by atoms with Crippen molar-refractivity contribution >= 4 is 39.6 Å². The number of furan rings is 1. The van der Waals surface area contributed by atoms with Gasteiger partial charge in [-0.05, 0) is 62.1 Å². The second kappa shape index (κ2) is 9.58. The number of aryl methyl sites for hydroxylation is 1. The molecule has 0 spiro atoms. The highest BCUT2D eigenvalue weighted by Gasteiger charge is 2.37. The number of amides is 1. The van der Waals surface area contributed by atoms with E-state index in [9.17, 15) is 9.59 Å². The second-order valence-corrected chi connectivity index (χ2v) is 11.4. The number of rotatable bonds is 5. The SMILES string of the molecule is COC(=O)c1c(NC(=O)c2oc3c(c2C)/C(=N\Nc2ccccc2)CC(C)(C)C3)sc2c1CCCC2. The van der Waals surface area contributed by atoms with Gasteiger partial charge in [0.2, 0.25) is 0 Å². The number of para-hydroxylation sites is 1. The zero-order chi connectivity index (χ0) is 25.4. The average molecular weight is 506 g/mol. The standard InChI is InChI=1S/C28H31N3O4S/c1-16-22-19(31-30-17-10-6-5-7-11-17)14-28(2,3)15-20(22)35-24(16)25(32)29-26-23(27(33)34-4)18-12-8-9-13-21(18)36-26/h5-7,10-11,30H,8-9,12-15H2,1-4H3,(H,29,32)/b31-19-. The number of benzene rings is 1. The van der Waals surface area contributed by atoms with Gasteiger partial charge in [0.1, 0.15) is 10.8 Å². The van der Waals surface area contributed by atoms with Gasteiger partial charge in [-0.1, -0.05) is 32.0 Å². The van der Waals surface area contributed by atoms with Crippen LogP contribution in [0, 0.1) is 12.3 Å². The molecule has 188 valence electrons. The molecule has 0 radical (unpaired) electrons. The van der Waals surface area contributed by atoms with E-state index in [2.05, 4.69) is 24.6 Å². The molecule has 0 fully saturated rings. The van der Waals surface area contributed by atoms with Gasteiger partial charge in [-0.25, -0.2) is 4.79 Å². The Hall–Kier alpha value is -3.39. The Bertz CT molecular complexity index is 1350. The summed E-state index contributed by atoms with van der Waals surface area (Å²) in [5.41, 5.74) is 7.98. The number of carbonyl (C=O) groups is 2. The van der Waals surface area contributed by atoms with E-state index >= 15 is 0 Å². The van der Waals surface area contributed by atoms with Gasteiger partial charge in [-0.2, -0.15) is 5.10 Å². The molecule has 0 saturated heterocycles. The fourth-order valence-corrected chi connectivity index (χ4v) is 6.48. The molecule has 0 unspecified atom stereocenters. The zero-order valence-electron chi connectivity index (χ0n) is 21.1. The van der Waals surface area contributed by atoms with Gasteiger partial charge in [0, 0.05) is 22.4 Å². The fraction of sp³-hybridized carbons (Fsp3) is 0.393. The van der Waals surface area contributed by atoms with E-state index in [1.54, 1.807) is 0 Å². The molecule has 0 atom stereocenters. The van der Waals surface area contributed by atoms with Gasteiger partial charge in [-0.3, -0.25) is 10.2 Å². The topological polar surface area (TPSA) is 92.9 Å². The van der Waals surface area contributed by atoms with Gasteiger partial charge >= 0.3 is 5.97 Å². The summed E-state index contributed by atoms with van der Waals surface area (Å²) in [6.07, 6.45) is 5.31. The van der Waals surface area contributed by atoms with Crippen LogP contribution in [0.5, 0.6) is 0 Å². The highest BCUT2D eigenvalue weighted by molar-refractivity contribution is 7.17. The van der Waals surface area contributed by atoms with E-state index in [0.29, 0.717) is 17.0 Å². The number of hydrogen-bond donors (Lipinski definition) is 2. The third kappa shape index (κ3) is 4.57. The van der Waals surface area contributed by atoms with E-state index in [1.165, 1.54) is 18.4 Å². The summed E-state index contributed by atoms with van der Waals surface area (Å²) in [4.78, 5) is 27.2. The predicted molar refractivity (Wildman–Crippen MR) is 142 cm³/mol. The minimum Gasteiger partial charge on any atom is -0.465 e. The Labute approximate surface area is 214 Å². The number of ether oxygens (including phenoxy) is 1. The Morgan fingerprint density at radius 1 is 1.11 bits per heavy atom. The molecule has 1 aromatic carbocycles. The van der Waals surface area contributed by atoms with Crippen molar-refractivity contribution in [2.75, 3.05) is 17.9 Å². The maximum absolute atomic E-state index is 13.5. The number of methoxy groups -OCH3 is 1. The van der Waals surface area contributed by atoms with Crippen LogP contribution in [0.15, 0.2) is 39.9 Å². The molecule has 2 N–H and O–H groups in total. The first-order valence-corrected chi connectivity index (χ1v) is 13.1. The lowest BCUT2D eigenvalue weighted by molar-refractivity contribution is 0.0601. The quantitative estimate of drug-likeness (QED) is 0.311. The van der Waals surface area contributed by atoms with Crippen LogP contribution in [0.25, 0.3) is 0 Å². The molecule has 3 aromatic rings. The number of thiophene rings is 1. The van der Waals surface area contributed by atoms with Gasteiger partial charge in [-0.15, -0.1) is 11.3 Å². The van der Waals surface area contributed by atoms with Crippen LogP contribution in [0.1, 0.15) is 81.4 Å². The molecule has 8 heteroatoms. The Balaban J connectivity index is 1.48. The van der Waals surface area contributed by atoms with Crippen LogP contribution in [0.3, 0.4) is 0 Å². The van der Waals surface area contributed by atoms with Crippen molar-refractivity contribution in [3.05, 3.63) is 69.0 Å². The summed E-state index contributed by atoms with van der Waals surface area (Å²) >= 11 is 1.47. The minimum absolute atomic E-state index is 0.0624. The second-order valence-electron chi connectivity index (χ2n) is 10.3. The Kier molecular flexibility index (Phi) is 6.47. The summed E-state index contributed by atoms with van der Waals surface area (Å²) in [7, 11) is 1.37. The summed E-state index contributed by atoms with van der Waals surface area (Å²) in [5, 5.41) is 8.22. The monoisotopic (exact) mass is 505 g/mol. The molecule has 0 bridgehead atoms. The summed E-state index contributed by atoms with van der Waals surface area (Å²) in [5.74, 6) is 0.246. The number of hydrazone groups is 1. The van der Waals surface area contributed by atoms with Gasteiger partial charge in [0.15, 0.2) is 5.76 Å². The first-order chi connectivity index (χ1) is 17.3. The average Bonchev–Trinajstić information content (AvgIpc) is 3.38. The van der Waals surface area contributed by atoms with Crippen molar-refractivity contribution in [3.63, 3.8) is 0 Å². The number of nitrogens with zero attached hydrogens (tertiary/aromatic N) is 1. The first-order valence-electron chi connectivity index (χ1n) is 12.3. The lowest BCUT2D eigenvalue weighted by atomic mass is 9.75. The smallest absolute Gasteiger partial charge is 0.341 e. The molecule has 2 heterocycles. The number of carbonyl (C=O) groups excluding carboxylic acids is 2. The van der Waals surface area contributed by atoms with E-state index in [0.717, 1.165) is 70.8 Å². The van der Waals surface area contributed by atoms with Crippen molar-refractivity contribution in [1.29, 1.82) is 0 Å². The summed E-state index contributed by atoms with van der Waals surface area (Å²) in [6, 6.07) is 9.78. The van der Waals surface area contributed by atoms with E-state index in [1.807, 2.05) is 37.3 Å². The summed E-state index contributed by atoms with van der Waals surface area (Å²) in [6.45, 7) is 6.24. The fourth-order valence-electron chi connectivity index (χ4n) is 5.20. The summed E-state index contributed by atoms with van der Waals surface area (Å²) < 4.78 is 11.2. The highest BCUT2D eigenvalue weighted by atomic mass is 32.1. The first kappa shape index (κ1) is 24.3. The Morgan fingerprint density at radius 3 is 2.61 bits per heavy atom. The van der Waals surface area contributed by atoms with Crippen molar-refractivity contribution < 1.29 is 18.7 Å². The zero-order valence-corrected chi connectivity index (χ0v) is 21.9.